The second-order valence-corrected chi connectivity index (χ2v) is 8.90. The maximum atomic E-state index is 13.6. The summed E-state index contributed by atoms with van der Waals surface area (Å²) in [6, 6.07) is 21.5. The number of unbranched alkanes of at least 4 members (excludes halogenated alkanes) is 1. The fourth-order valence-corrected chi connectivity index (χ4v) is 5.10. The molecule has 3 aromatic rings. The van der Waals surface area contributed by atoms with Gasteiger partial charge in [0, 0.05) is 23.5 Å². The quantitative estimate of drug-likeness (QED) is 0.517. The van der Waals surface area contributed by atoms with Crippen molar-refractivity contribution in [3.8, 4) is 0 Å². The molecule has 1 aliphatic rings. The van der Waals surface area contributed by atoms with Crippen molar-refractivity contribution in [2.24, 2.45) is 0 Å². The largest absolute Gasteiger partial charge is 0.330 e. The Bertz CT molecular complexity index is 1020. The molecular weight excluding hydrogens is 404 g/mol. The van der Waals surface area contributed by atoms with Crippen LogP contribution in [0.25, 0.3) is 0 Å². The topological polar surface area (TPSA) is 40.6 Å². The van der Waals surface area contributed by atoms with Crippen molar-refractivity contribution in [2.75, 3.05) is 19.6 Å². The standard InChI is InChI=1S/C26H28N2O2S/c1-2-3-16-27(26(30)21-12-8-5-9-13-21)19-24(29)28-17-14-23-22(15-18-31-23)25(28)20-10-6-4-7-11-20/h4-13,15,18,25H,2-3,14,16-17,19H2,1H3. The van der Waals surface area contributed by atoms with Crippen LogP contribution in [0.5, 0.6) is 0 Å². The first-order valence-corrected chi connectivity index (χ1v) is 11.8. The fraction of sp³-hybridized carbons (Fsp3) is 0.308. The molecule has 1 unspecified atom stereocenters. The van der Waals surface area contributed by atoms with Crippen LogP contribution in [0.1, 0.15) is 52.2 Å². The maximum Gasteiger partial charge on any atom is 0.254 e. The first-order chi connectivity index (χ1) is 15.2. The van der Waals surface area contributed by atoms with E-state index in [1.807, 2.05) is 53.4 Å². The molecule has 5 heteroatoms. The molecule has 4 rings (SSSR count). The van der Waals surface area contributed by atoms with E-state index in [4.69, 9.17) is 0 Å². The summed E-state index contributed by atoms with van der Waals surface area (Å²) in [5, 5.41) is 2.11. The number of hydrogen-bond acceptors (Lipinski definition) is 3. The minimum Gasteiger partial charge on any atom is -0.330 e. The Morgan fingerprint density at radius 1 is 1.03 bits per heavy atom. The Hall–Kier alpha value is -2.92. The van der Waals surface area contributed by atoms with Crippen LogP contribution in [0.15, 0.2) is 72.1 Å². The Balaban J connectivity index is 1.59. The highest BCUT2D eigenvalue weighted by molar-refractivity contribution is 7.10. The number of thiophene rings is 1. The van der Waals surface area contributed by atoms with Crippen LogP contribution in [0, 0.1) is 0 Å². The van der Waals surface area contributed by atoms with Crippen LogP contribution in [-0.2, 0) is 11.2 Å². The lowest BCUT2D eigenvalue weighted by Crippen LogP contribution is -2.47. The molecule has 2 amide bonds. The van der Waals surface area contributed by atoms with Crippen LogP contribution in [0.4, 0.5) is 0 Å². The molecule has 0 fully saturated rings. The van der Waals surface area contributed by atoms with Crippen LogP contribution < -0.4 is 0 Å². The second kappa shape index (κ2) is 9.92. The van der Waals surface area contributed by atoms with E-state index >= 15 is 0 Å². The molecule has 0 radical (unpaired) electrons. The zero-order valence-corrected chi connectivity index (χ0v) is 18.7. The molecule has 0 saturated heterocycles. The Kier molecular flexibility index (Phi) is 6.82. The smallest absolute Gasteiger partial charge is 0.254 e. The van der Waals surface area contributed by atoms with Gasteiger partial charge in [-0.2, -0.15) is 0 Å². The van der Waals surface area contributed by atoms with Crippen LogP contribution in [0.2, 0.25) is 0 Å². The molecule has 0 N–H and O–H groups in total. The maximum absolute atomic E-state index is 13.6. The zero-order valence-electron chi connectivity index (χ0n) is 17.9. The number of hydrogen-bond donors (Lipinski definition) is 0. The monoisotopic (exact) mass is 432 g/mol. The number of carbonyl (C=O) groups is 2. The van der Waals surface area contributed by atoms with Crippen molar-refractivity contribution in [3.63, 3.8) is 0 Å². The molecule has 31 heavy (non-hydrogen) atoms. The normalized spacial score (nSPS) is 15.4. The average molecular weight is 433 g/mol. The van der Waals surface area contributed by atoms with Gasteiger partial charge in [-0.3, -0.25) is 9.59 Å². The van der Waals surface area contributed by atoms with Gasteiger partial charge >= 0.3 is 0 Å². The van der Waals surface area contributed by atoms with Crippen molar-refractivity contribution in [1.82, 2.24) is 9.80 Å². The van der Waals surface area contributed by atoms with Crippen molar-refractivity contribution < 1.29 is 9.59 Å². The van der Waals surface area contributed by atoms with Gasteiger partial charge in [-0.05, 0) is 47.5 Å². The van der Waals surface area contributed by atoms with Crippen molar-refractivity contribution >= 4 is 23.2 Å². The van der Waals surface area contributed by atoms with Gasteiger partial charge in [0.1, 0.15) is 6.54 Å². The first kappa shape index (κ1) is 21.3. The molecule has 0 spiro atoms. The van der Waals surface area contributed by atoms with Gasteiger partial charge in [0.25, 0.3) is 5.91 Å². The predicted molar refractivity (Wildman–Crippen MR) is 125 cm³/mol. The van der Waals surface area contributed by atoms with E-state index < -0.39 is 0 Å². The Labute approximate surface area is 188 Å². The van der Waals surface area contributed by atoms with Crippen LogP contribution in [0.3, 0.4) is 0 Å². The van der Waals surface area contributed by atoms with E-state index in [0.717, 1.165) is 24.8 Å². The molecule has 2 heterocycles. The second-order valence-electron chi connectivity index (χ2n) is 7.90. The number of amides is 2. The third-order valence-corrected chi connectivity index (χ3v) is 6.81. The van der Waals surface area contributed by atoms with Gasteiger partial charge < -0.3 is 9.80 Å². The minimum atomic E-state index is -0.0939. The van der Waals surface area contributed by atoms with Gasteiger partial charge in [-0.15, -0.1) is 11.3 Å². The van der Waals surface area contributed by atoms with E-state index in [0.29, 0.717) is 18.7 Å². The molecule has 1 atom stereocenters. The number of benzene rings is 2. The number of nitrogens with zero attached hydrogens (tertiary/aromatic N) is 2. The van der Waals surface area contributed by atoms with Gasteiger partial charge in [-0.25, -0.2) is 0 Å². The molecule has 0 saturated carbocycles. The molecule has 4 nitrogen and oxygen atoms in total. The van der Waals surface area contributed by atoms with E-state index in [9.17, 15) is 9.59 Å². The lowest BCUT2D eigenvalue weighted by atomic mass is 9.93. The average Bonchev–Trinajstić information content (AvgIpc) is 3.30. The lowest BCUT2D eigenvalue weighted by molar-refractivity contribution is -0.134. The summed E-state index contributed by atoms with van der Waals surface area (Å²) in [5.41, 5.74) is 2.96. The summed E-state index contributed by atoms with van der Waals surface area (Å²) in [5.74, 6) is -0.0713. The number of carbonyl (C=O) groups excluding carboxylic acids is 2. The lowest BCUT2D eigenvalue weighted by Gasteiger charge is -2.37. The van der Waals surface area contributed by atoms with Crippen molar-refractivity contribution in [1.29, 1.82) is 0 Å². The molecule has 1 aliphatic heterocycles. The number of fused-ring (bicyclic) bond motifs is 1. The number of rotatable bonds is 7. The molecule has 0 aliphatic carbocycles. The molecule has 0 bridgehead atoms. The SMILES string of the molecule is CCCCN(CC(=O)N1CCc2sccc2C1c1ccccc1)C(=O)c1ccccc1. The van der Waals surface area contributed by atoms with Crippen LogP contribution in [-0.4, -0.2) is 41.2 Å². The Morgan fingerprint density at radius 3 is 2.45 bits per heavy atom. The summed E-state index contributed by atoms with van der Waals surface area (Å²) in [6.07, 6.45) is 2.72. The van der Waals surface area contributed by atoms with E-state index in [-0.39, 0.29) is 24.4 Å². The molecule has 2 aromatic carbocycles. The summed E-state index contributed by atoms with van der Waals surface area (Å²) in [7, 11) is 0. The molecule has 1 aromatic heterocycles. The third kappa shape index (κ3) is 4.72. The van der Waals surface area contributed by atoms with Crippen LogP contribution >= 0.6 is 11.3 Å². The zero-order chi connectivity index (χ0) is 21.6. The van der Waals surface area contributed by atoms with E-state index in [1.54, 1.807) is 16.2 Å². The fourth-order valence-electron chi connectivity index (χ4n) is 4.20. The third-order valence-electron chi connectivity index (χ3n) is 5.82. The highest BCUT2D eigenvalue weighted by atomic mass is 32.1. The summed E-state index contributed by atoms with van der Waals surface area (Å²) >= 11 is 1.76. The van der Waals surface area contributed by atoms with Gasteiger partial charge in [0.15, 0.2) is 0 Å². The summed E-state index contributed by atoms with van der Waals surface area (Å²) in [4.78, 5) is 31.7. The first-order valence-electron chi connectivity index (χ1n) is 10.9. The van der Waals surface area contributed by atoms with E-state index in [1.165, 1.54) is 10.4 Å². The minimum absolute atomic E-state index is 0.00564. The predicted octanol–water partition coefficient (Wildman–Crippen LogP) is 5.16. The van der Waals surface area contributed by atoms with Crippen molar-refractivity contribution in [2.45, 2.75) is 32.2 Å². The molecule has 160 valence electrons. The van der Waals surface area contributed by atoms with Gasteiger partial charge in [0.05, 0.1) is 6.04 Å². The van der Waals surface area contributed by atoms with Gasteiger partial charge in [0.2, 0.25) is 5.91 Å². The van der Waals surface area contributed by atoms with Gasteiger partial charge in [-0.1, -0.05) is 61.9 Å². The Morgan fingerprint density at radius 2 is 1.74 bits per heavy atom. The summed E-state index contributed by atoms with van der Waals surface area (Å²) < 4.78 is 0. The highest BCUT2D eigenvalue weighted by Crippen LogP contribution is 2.37. The highest BCUT2D eigenvalue weighted by Gasteiger charge is 2.33. The van der Waals surface area contributed by atoms with E-state index in [2.05, 4.69) is 30.5 Å². The van der Waals surface area contributed by atoms with Crippen molar-refractivity contribution in [3.05, 3.63) is 93.7 Å². The summed E-state index contributed by atoms with van der Waals surface area (Å²) in [6.45, 7) is 3.47. The molecular formula is C26H28N2O2S.